The molecule has 10 heteroatoms. The first-order valence-corrected chi connectivity index (χ1v) is 10.1. The molecule has 10 nitrogen and oxygen atoms in total. The highest BCUT2D eigenvalue weighted by atomic mass is 16.6. The summed E-state index contributed by atoms with van der Waals surface area (Å²) in [5.74, 6) is 0.204. The maximum atomic E-state index is 13.2. The Morgan fingerprint density at radius 2 is 1.55 bits per heavy atom. The number of carbonyl (C=O) groups excluding carboxylic acids is 2. The van der Waals surface area contributed by atoms with Crippen molar-refractivity contribution in [2.24, 2.45) is 5.92 Å². The summed E-state index contributed by atoms with van der Waals surface area (Å²) in [6.45, 7) is 4.03. The van der Waals surface area contributed by atoms with Gasteiger partial charge in [-0.05, 0) is 23.6 Å². The van der Waals surface area contributed by atoms with Crippen LogP contribution in [0, 0.1) is 16.0 Å². The van der Waals surface area contributed by atoms with E-state index in [-0.39, 0.29) is 29.4 Å². The summed E-state index contributed by atoms with van der Waals surface area (Å²) in [6.07, 6.45) is 0. The van der Waals surface area contributed by atoms with E-state index in [0.717, 1.165) is 0 Å². The van der Waals surface area contributed by atoms with E-state index < -0.39 is 16.7 Å². The first kappa shape index (κ1) is 23.6. The standard InChI is InChI=1S/C23H25N3O7/c1-13(2)12-25-22(27)19(14-6-8-16(9-7-14)26(29)30)20(23(25)28)24-15-10-17(31-3)21(33-5)18(11-15)32-4/h6-11,13,24H,12H2,1-5H3. The molecule has 0 saturated heterocycles. The molecule has 33 heavy (non-hydrogen) atoms. The van der Waals surface area contributed by atoms with Gasteiger partial charge in [0.05, 0.1) is 31.8 Å². The number of benzene rings is 2. The number of methoxy groups -OCH3 is 3. The second-order valence-corrected chi connectivity index (χ2v) is 7.71. The molecule has 0 aromatic heterocycles. The zero-order valence-corrected chi connectivity index (χ0v) is 19.0. The first-order valence-electron chi connectivity index (χ1n) is 10.1. The Morgan fingerprint density at radius 3 is 2.00 bits per heavy atom. The van der Waals surface area contributed by atoms with E-state index in [0.29, 0.717) is 28.5 Å². The Hall–Kier alpha value is -4.08. The van der Waals surface area contributed by atoms with E-state index in [9.17, 15) is 19.7 Å². The van der Waals surface area contributed by atoms with Crippen LogP contribution in [-0.2, 0) is 9.59 Å². The smallest absolute Gasteiger partial charge is 0.278 e. The van der Waals surface area contributed by atoms with Gasteiger partial charge >= 0.3 is 0 Å². The maximum absolute atomic E-state index is 13.2. The number of hydrogen-bond acceptors (Lipinski definition) is 8. The van der Waals surface area contributed by atoms with Crippen LogP contribution in [0.15, 0.2) is 42.1 Å². The molecule has 0 unspecified atom stereocenters. The third-order valence-electron chi connectivity index (χ3n) is 5.02. The highest BCUT2D eigenvalue weighted by molar-refractivity contribution is 6.36. The minimum absolute atomic E-state index is 0.0523. The minimum Gasteiger partial charge on any atom is -0.493 e. The van der Waals surface area contributed by atoms with Crippen LogP contribution in [0.1, 0.15) is 19.4 Å². The molecule has 2 aromatic rings. The summed E-state index contributed by atoms with van der Waals surface area (Å²) in [5, 5.41) is 14.0. The van der Waals surface area contributed by atoms with Crippen molar-refractivity contribution in [3.05, 3.63) is 57.8 Å². The number of hydrogen-bond donors (Lipinski definition) is 1. The van der Waals surface area contributed by atoms with Crippen molar-refractivity contribution in [2.45, 2.75) is 13.8 Å². The summed E-state index contributed by atoms with van der Waals surface area (Å²) in [5.41, 5.74) is 0.897. The van der Waals surface area contributed by atoms with Crippen molar-refractivity contribution in [1.29, 1.82) is 0 Å². The van der Waals surface area contributed by atoms with Crippen molar-refractivity contribution in [1.82, 2.24) is 4.90 Å². The zero-order chi connectivity index (χ0) is 24.3. The topological polar surface area (TPSA) is 120 Å². The number of ether oxygens (including phenoxy) is 3. The Morgan fingerprint density at radius 1 is 0.970 bits per heavy atom. The van der Waals surface area contributed by atoms with E-state index in [2.05, 4.69) is 5.32 Å². The van der Waals surface area contributed by atoms with E-state index in [1.165, 1.54) is 50.5 Å². The van der Waals surface area contributed by atoms with Gasteiger partial charge in [-0.1, -0.05) is 13.8 Å². The van der Waals surface area contributed by atoms with Crippen molar-refractivity contribution in [3.63, 3.8) is 0 Å². The van der Waals surface area contributed by atoms with Crippen molar-refractivity contribution < 1.29 is 28.7 Å². The summed E-state index contributed by atoms with van der Waals surface area (Å²) in [4.78, 5) is 38.1. The fourth-order valence-electron chi connectivity index (χ4n) is 3.54. The Kier molecular flexibility index (Phi) is 6.86. The molecule has 174 valence electrons. The number of nitro benzene ring substituents is 1. The van der Waals surface area contributed by atoms with Gasteiger partial charge in [0.15, 0.2) is 11.5 Å². The van der Waals surface area contributed by atoms with E-state index >= 15 is 0 Å². The predicted octanol–water partition coefficient (Wildman–Crippen LogP) is 3.47. The fourth-order valence-corrected chi connectivity index (χ4v) is 3.54. The molecule has 0 radical (unpaired) electrons. The van der Waals surface area contributed by atoms with Gasteiger partial charge < -0.3 is 19.5 Å². The number of amides is 2. The van der Waals surface area contributed by atoms with Gasteiger partial charge in [0, 0.05) is 36.5 Å². The molecule has 0 spiro atoms. The number of nitro groups is 1. The van der Waals surface area contributed by atoms with Crippen LogP contribution in [0.2, 0.25) is 0 Å². The normalized spacial score (nSPS) is 13.6. The highest BCUT2D eigenvalue weighted by Gasteiger charge is 2.39. The van der Waals surface area contributed by atoms with Crippen LogP contribution < -0.4 is 19.5 Å². The number of rotatable bonds is 9. The predicted molar refractivity (Wildman–Crippen MR) is 121 cm³/mol. The van der Waals surface area contributed by atoms with Crippen molar-refractivity contribution in [3.8, 4) is 17.2 Å². The lowest BCUT2D eigenvalue weighted by molar-refractivity contribution is -0.384. The van der Waals surface area contributed by atoms with Gasteiger partial charge in [0.25, 0.3) is 17.5 Å². The second-order valence-electron chi connectivity index (χ2n) is 7.71. The molecular weight excluding hydrogens is 430 g/mol. The SMILES string of the molecule is COc1cc(NC2=C(c3ccc([N+](=O)[O-])cc3)C(=O)N(CC(C)C)C2=O)cc(OC)c1OC. The first-order chi connectivity index (χ1) is 15.7. The third-order valence-corrected chi connectivity index (χ3v) is 5.02. The Labute approximate surface area is 190 Å². The monoisotopic (exact) mass is 455 g/mol. The van der Waals surface area contributed by atoms with Crippen LogP contribution in [0.4, 0.5) is 11.4 Å². The lowest BCUT2D eigenvalue weighted by Crippen LogP contribution is -2.35. The number of anilines is 1. The van der Waals surface area contributed by atoms with Crippen LogP contribution in [-0.4, -0.2) is 49.5 Å². The second kappa shape index (κ2) is 9.60. The largest absolute Gasteiger partial charge is 0.493 e. The number of nitrogens with one attached hydrogen (secondary N) is 1. The molecule has 3 rings (SSSR count). The lowest BCUT2D eigenvalue weighted by atomic mass is 10.0. The average molecular weight is 455 g/mol. The number of non-ortho nitro benzene ring substituents is 1. The zero-order valence-electron chi connectivity index (χ0n) is 19.0. The van der Waals surface area contributed by atoms with Gasteiger partial charge in [-0.15, -0.1) is 0 Å². The van der Waals surface area contributed by atoms with Gasteiger partial charge in [-0.3, -0.25) is 24.6 Å². The number of imide groups is 1. The average Bonchev–Trinajstić information content (AvgIpc) is 3.02. The molecule has 0 bridgehead atoms. The van der Waals surface area contributed by atoms with Gasteiger partial charge in [0.2, 0.25) is 5.75 Å². The molecule has 1 heterocycles. The summed E-state index contributed by atoms with van der Waals surface area (Å²) in [6, 6.07) is 8.72. The number of nitrogens with zero attached hydrogens (tertiary/aromatic N) is 2. The quantitative estimate of drug-likeness (QED) is 0.347. The van der Waals surface area contributed by atoms with Crippen LogP contribution in [0.3, 0.4) is 0 Å². The molecule has 1 N–H and O–H groups in total. The Balaban J connectivity index is 2.12. The maximum Gasteiger partial charge on any atom is 0.278 e. The molecule has 0 saturated carbocycles. The van der Waals surface area contributed by atoms with E-state index in [4.69, 9.17) is 14.2 Å². The molecule has 0 aliphatic carbocycles. The molecular formula is C23H25N3O7. The van der Waals surface area contributed by atoms with Crippen molar-refractivity contribution >= 4 is 28.8 Å². The Bertz CT molecular complexity index is 1100. The van der Waals surface area contributed by atoms with Crippen molar-refractivity contribution in [2.75, 3.05) is 33.2 Å². The summed E-state index contributed by atoms with van der Waals surface area (Å²) < 4.78 is 16.1. The molecule has 0 atom stereocenters. The van der Waals surface area contributed by atoms with Gasteiger partial charge in [-0.2, -0.15) is 0 Å². The number of carbonyl (C=O) groups is 2. The summed E-state index contributed by atoms with van der Waals surface area (Å²) >= 11 is 0. The third kappa shape index (κ3) is 4.59. The van der Waals surface area contributed by atoms with Gasteiger partial charge in [0.1, 0.15) is 5.70 Å². The lowest BCUT2D eigenvalue weighted by Gasteiger charge is -2.18. The summed E-state index contributed by atoms with van der Waals surface area (Å²) in [7, 11) is 4.42. The molecule has 1 aliphatic rings. The van der Waals surface area contributed by atoms with Gasteiger partial charge in [-0.25, -0.2) is 0 Å². The van der Waals surface area contributed by atoms with E-state index in [1.54, 1.807) is 12.1 Å². The highest BCUT2D eigenvalue weighted by Crippen LogP contribution is 2.41. The molecule has 2 amide bonds. The van der Waals surface area contributed by atoms with E-state index in [1.807, 2.05) is 13.8 Å². The molecule has 0 fully saturated rings. The minimum atomic E-state index is -0.528. The van der Waals surface area contributed by atoms with Crippen LogP contribution in [0.5, 0.6) is 17.2 Å². The fraction of sp³-hybridized carbons (Fsp3) is 0.304. The van der Waals surface area contributed by atoms with Crippen LogP contribution >= 0.6 is 0 Å². The molecule has 2 aromatic carbocycles. The van der Waals surface area contributed by atoms with Crippen LogP contribution in [0.25, 0.3) is 5.57 Å². The molecule has 1 aliphatic heterocycles.